The molecule has 1 atom stereocenters. The zero-order chi connectivity index (χ0) is 23.2. The van der Waals surface area contributed by atoms with Crippen LogP contribution in [0.3, 0.4) is 0 Å². The minimum absolute atomic E-state index is 0.0235. The van der Waals surface area contributed by atoms with Gasteiger partial charge in [-0.2, -0.15) is 0 Å². The summed E-state index contributed by atoms with van der Waals surface area (Å²) in [5.74, 6) is 2.01. The normalized spacial score (nSPS) is 15.8. The van der Waals surface area contributed by atoms with Crippen molar-refractivity contribution in [3.05, 3.63) is 86.0 Å². The molecular weight excluding hydrogens is 484 g/mol. The zero-order valence-electron chi connectivity index (χ0n) is 18.7. The second-order valence-electron chi connectivity index (χ2n) is 8.85. The Hall–Kier alpha value is -2.61. The van der Waals surface area contributed by atoms with Crippen molar-refractivity contribution >= 4 is 50.7 Å². The summed E-state index contributed by atoms with van der Waals surface area (Å²) in [5, 5.41) is 11.3. The van der Waals surface area contributed by atoms with Crippen LogP contribution in [0.25, 0.3) is 21.7 Å². The highest BCUT2D eigenvalue weighted by atomic mass is 35.5. The molecule has 0 spiro atoms. The molecule has 1 aliphatic carbocycles. The topological polar surface area (TPSA) is 52.2 Å². The largest absolute Gasteiger partial charge is 0.268 e. The van der Waals surface area contributed by atoms with E-state index < -0.39 is 0 Å². The fourth-order valence-electron chi connectivity index (χ4n) is 4.73. The second-order valence-corrected chi connectivity index (χ2v) is 11.4. The third-order valence-corrected chi connectivity index (χ3v) is 8.93. The van der Waals surface area contributed by atoms with Gasteiger partial charge in [0.25, 0.3) is 5.56 Å². The first-order chi connectivity index (χ1) is 16.6. The van der Waals surface area contributed by atoms with E-state index in [1.807, 2.05) is 18.2 Å². The molecule has 0 radical (unpaired) electrons. The van der Waals surface area contributed by atoms with E-state index >= 15 is 0 Å². The molecule has 3 heterocycles. The fourth-order valence-corrected chi connectivity index (χ4v) is 7.17. The van der Waals surface area contributed by atoms with Crippen LogP contribution in [0.15, 0.2) is 64.5 Å². The van der Waals surface area contributed by atoms with Crippen molar-refractivity contribution in [2.24, 2.45) is 5.92 Å². The number of benzene rings is 2. The summed E-state index contributed by atoms with van der Waals surface area (Å²) >= 11 is 9.56. The maximum Gasteiger partial charge on any atom is 0.268 e. The average Bonchev–Trinajstić information content (AvgIpc) is 3.42. The molecule has 3 aromatic heterocycles. The van der Waals surface area contributed by atoms with Gasteiger partial charge in [0, 0.05) is 15.7 Å². The molecule has 0 unspecified atom stereocenters. The first kappa shape index (κ1) is 21.9. The van der Waals surface area contributed by atoms with E-state index in [0.29, 0.717) is 16.7 Å². The van der Waals surface area contributed by atoms with Gasteiger partial charge in [0.2, 0.25) is 5.78 Å². The van der Waals surface area contributed by atoms with E-state index in [0.717, 1.165) is 52.5 Å². The number of rotatable bonds is 5. The van der Waals surface area contributed by atoms with Crippen LogP contribution >= 0.6 is 34.7 Å². The van der Waals surface area contributed by atoms with Crippen LogP contribution in [0.4, 0.5) is 0 Å². The predicted octanol–water partition coefficient (Wildman–Crippen LogP) is 6.21. The minimum Gasteiger partial charge on any atom is -0.268 e. The average molecular weight is 507 g/mol. The summed E-state index contributed by atoms with van der Waals surface area (Å²) in [6.45, 7) is 2.27. The number of thiophene rings is 1. The molecule has 2 aromatic carbocycles. The molecule has 172 valence electrons. The molecule has 0 saturated heterocycles. The van der Waals surface area contributed by atoms with Gasteiger partial charge in [-0.1, -0.05) is 60.6 Å². The number of aryl methyl sites for hydroxylation is 2. The van der Waals surface area contributed by atoms with Crippen LogP contribution < -0.4 is 5.56 Å². The number of thioether (sulfide) groups is 1. The second kappa shape index (κ2) is 8.87. The lowest BCUT2D eigenvalue weighted by Crippen LogP contribution is -2.22. The van der Waals surface area contributed by atoms with E-state index in [-0.39, 0.29) is 5.56 Å². The Kier molecular flexibility index (Phi) is 5.71. The fraction of sp³-hybridized carbons (Fsp3) is 0.269. The maximum atomic E-state index is 13.9. The van der Waals surface area contributed by atoms with Crippen LogP contribution in [0, 0.1) is 5.92 Å². The molecule has 0 fully saturated rings. The highest BCUT2D eigenvalue weighted by molar-refractivity contribution is 7.99. The number of fused-ring (bicyclic) bond motifs is 5. The lowest BCUT2D eigenvalue weighted by Gasteiger charge is -2.18. The van der Waals surface area contributed by atoms with Crippen molar-refractivity contribution < 1.29 is 0 Å². The standard InChI is InChI=1S/C26H23ClN4OS2/c1-16-7-12-21-20(15-16)22-23(32)30(19-10-8-18(27)9-11-19)25-28-29-26(31(25)24(22)34-21)33-14-13-17-5-3-2-4-6-17/h2-6,8-11,16H,7,12-15H2,1H3/t16-/m0/s1. The van der Waals surface area contributed by atoms with Crippen LogP contribution in [-0.4, -0.2) is 24.9 Å². The molecular formula is C26H23ClN4OS2. The van der Waals surface area contributed by atoms with E-state index in [1.54, 1.807) is 39.8 Å². The Labute approximate surface area is 210 Å². The molecule has 1 aliphatic rings. The van der Waals surface area contributed by atoms with Gasteiger partial charge in [-0.15, -0.1) is 21.5 Å². The monoisotopic (exact) mass is 506 g/mol. The number of hydrogen-bond donors (Lipinski definition) is 0. The molecule has 0 saturated carbocycles. The van der Waals surface area contributed by atoms with E-state index in [4.69, 9.17) is 11.6 Å². The van der Waals surface area contributed by atoms with Gasteiger partial charge in [-0.3, -0.25) is 4.79 Å². The number of aromatic nitrogens is 4. The third-order valence-electron chi connectivity index (χ3n) is 6.47. The summed E-state index contributed by atoms with van der Waals surface area (Å²) in [5.41, 5.74) is 3.23. The first-order valence-electron chi connectivity index (χ1n) is 11.5. The highest BCUT2D eigenvalue weighted by Gasteiger charge is 2.27. The summed E-state index contributed by atoms with van der Waals surface area (Å²) in [4.78, 5) is 16.2. The van der Waals surface area contributed by atoms with Gasteiger partial charge in [-0.25, -0.2) is 8.97 Å². The van der Waals surface area contributed by atoms with Crippen molar-refractivity contribution in [1.29, 1.82) is 0 Å². The molecule has 8 heteroatoms. The lowest BCUT2D eigenvalue weighted by molar-refractivity contribution is 0.508. The van der Waals surface area contributed by atoms with Crippen molar-refractivity contribution in [3.63, 3.8) is 0 Å². The third kappa shape index (κ3) is 3.76. The summed E-state index contributed by atoms with van der Waals surface area (Å²) in [6.07, 6.45) is 4.07. The SMILES string of the molecule is C[C@H]1CCc2sc3c(c2C1)c(=O)n(-c1ccc(Cl)cc1)c1nnc(SCCc2ccccc2)n31. The van der Waals surface area contributed by atoms with Crippen LogP contribution in [0.1, 0.15) is 29.3 Å². The highest BCUT2D eigenvalue weighted by Crippen LogP contribution is 2.38. The molecule has 0 bridgehead atoms. The number of nitrogens with zero attached hydrogens (tertiary/aromatic N) is 4. The Morgan fingerprint density at radius 2 is 1.91 bits per heavy atom. The molecule has 0 N–H and O–H groups in total. The van der Waals surface area contributed by atoms with Gasteiger partial charge in [0.1, 0.15) is 4.83 Å². The van der Waals surface area contributed by atoms with Crippen molar-refractivity contribution in [2.45, 2.75) is 37.8 Å². The molecule has 6 rings (SSSR count). The smallest absolute Gasteiger partial charge is 0.268 e. The Morgan fingerprint density at radius 3 is 2.71 bits per heavy atom. The van der Waals surface area contributed by atoms with Crippen molar-refractivity contribution in [2.75, 3.05) is 5.75 Å². The van der Waals surface area contributed by atoms with Crippen LogP contribution in [-0.2, 0) is 19.3 Å². The van der Waals surface area contributed by atoms with Crippen molar-refractivity contribution in [1.82, 2.24) is 19.2 Å². The summed E-state index contributed by atoms with van der Waals surface area (Å²) in [7, 11) is 0. The number of hydrogen-bond acceptors (Lipinski definition) is 5. The van der Waals surface area contributed by atoms with Gasteiger partial charge in [0.05, 0.1) is 11.1 Å². The Balaban J connectivity index is 1.53. The predicted molar refractivity (Wildman–Crippen MR) is 141 cm³/mol. The maximum absolute atomic E-state index is 13.9. The van der Waals surface area contributed by atoms with Crippen molar-refractivity contribution in [3.8, 4) is 5.69 Å². The number of halogens is 1. The van der Waals surface area contributed by atoms with Crippen LogP contribution in [0.5, 0.6) is 0 Å². The Morgan fingerprint density at radius 1 is 1.12 bits per heavy atom. The molecule has 34 heavy (non-hydrogen) atoms. The lowest BCUT2D eigenvalue weighted by atomic mass is 9.89. The van der Waals surface area contributed by atoms with E-state index in [1.165, 1.54) is 16.0 Å². The van der Waals surface area contributed by atoms with Gasteiger partial charge in [0.15, 0.2) is 5.16 Å². The zero-order valence-corrected chi connectivity index (χ0v) is 21.1. The van der Waals surface area contributed by atoms with E-state index in [2.05, 4.69) is 45.8 Å². The van der Waals surface area contributed by atoms with Gasteiger partial charge in [-0.05, 0) is 67.0 Å². The quantitative estimate of drug-likeness (QED) is 0.266. The van der Waals surface area contributed by atoms with E-state index in [9.17, 15) is 4.79 Å². The summed E-state index contributed by atoms with van der Waals surface area (Å²) in [6, 6.07) is 17.8. The molecule has 0 amide bonds. The first-order valence-corrected chi connectivity index (χ1v) is 13.6. The van der Waals surface area contributed by atoms with Crippen LogP contribution in [0.2, 0.25) is 5.02 Å². The Bertz CT molecular complexity index is 1550. The molecule has 5 nitrogen and oxygen atoms in total. The minimum atomic E-state index is -0.0235. The molecule has 0 aliphatic heterocycles. The summed E-state index contributed by atoms with van der Waals surface area (Å²) < 4.78 is 3.79. The van der Waals surface area contributed by atoms with Gasteiger partial charge < -0.3 is 0 Å². The molecule has 5 aromatic rings. The van der Waals surface area contributed by atoms with Gasteiger partial charge >= 0.3 is 0 Å².